The van der Waals surface area contributed by atoms with Crippen molar-refractivity contribution in [2.75, 3.05) is 0 Å². The monoisotopic (exact) mass is 704 g/mol. The number of pyridine rings is 1. The van der Waals surface area contributed by atoms with Crippen molar-refractivity contribution >= 4 is 58.8 Å². The molecule has 3 heterocycles. The van der Waals surface area contributed by atoms with Gasteiger partial charge in [0, 0.05) is 42.1 Å². The van der Waals surface area contributed by atoms with Crippen LogP contribution in [0.15, 0.2) is 194 Å². The quantitative estimate of drug-likeness (QED) is 0.163. The summed E-state index contributed by atoms with van der Waals surface area (Å²) in [6, 6.07) is 70.2. The van der Waals surface area contributed by atoms with Crippen LogP contribution < -0.4 is 0 Å². The van der Waals surface area contributed by atoms with Gasteiger partial charge in [-0.3, -0.25) is 4.40 Å². The summed E-state index contributed by atoms with van der Waals surface area (Å²) in [5.41, 5.74) is 13.8. The summed E-state index contributed by atoms with van der Waals surface area (Å²) in [4.78, 5) is 5.38. The molecule has 252 valence electrons. The highest BCUT2D eigenvalue weighted by molar-refractivity contribution is 7.26. The molecular weight excluding hydrogens is 673 g/mol. The molecule has 0 amide bonds. The predicted octanol–water partition coefficient (Wildman–Crippen LogP) is 14.3. The zero-order chi connectivity index (χ0) is 35.6. The van der Waals surface area contributed by atoms with Crippen molar-refractivity contribution < 1.29 is 0 Å². The molecule has 0 saturated carbocycles. The summed E-state index contributed by atoms with van der Waals surface area (Å²) in [6.07, 6.45) is 0. The Morgan fingerprint density at radius 1 is 0.370 bits per heavy atom. The van der Waals surface area contributed by atoms with E-state index in [2.05, 4.69) is 199 Å². The van der Waals surface area contributed by atoms with E-state index in [1.165, 1.54) is 64.3 Å². The van der Waals surface area contributed by atoms with Crippen LogP contribution in [-0.2, 0) is 0 Å². The van der Waals surface area contributed by atoms with Gasteiger partial charge in [-0.05, 0) is 63.0 Å². The Balaban J connectivity index is 1.03. The second-order valence-corrected chi connectivity index (χ2v) is 15.0. The van der Waals surface area contributed by atoms with Gasteiger partial charge >= 0.3 is 0 Å². The SMILES string of the molecule is c1ccc(-c2nc3c4ccccc4c4cc(-c5cccc(-c6ccc(-c7cccc8c7sc7ccccc78)cc6)c5)ccc4n3c2-c2ccccc2)cc1. The minimum absolute atomic E-state index is 0.970. The maximum absolute atomic E-state index is 5.38. The van der Waals surface area contributed by atoms with Crippen LogP contribution in [0.25, 0.3) is 103 Å². The van der Waals surface area contributed by atoms with E-state index >= 15 is 0 Å². The number of thiophene rings is 1. The Morgan fingerprint density at radius 2 is 0.944 bits per heavy atom. The highest BCUT2D eigenvalue weighted by atomic mass is 32.1. The molecule has 0 N–H and O–H groups in total. The zero-order valence-corrected chi connectivity index (χ0v) is 30.1. The Morgan fingerprint density at radius 3 is 1.74 bits per heavy atom. The van der Waals surface area contributed by atoms with E-state index < -0.39 is 0 Å². The lowest BCUT2D eigenvalue weighted by Gasteiger charge is -2.14. The highest BCUT2D eigenvalue weighted by Gasteiger charge is 2.21. The Hall–Kier alpha value is -6.81. The van der Waals surface area contributed by atoms with E-state index in [1.807, 2.05) is 11.3 Å². The molecule has 0 atom stereocenters. The van der Waals surface area contributed by atoms with Gasteiger partial charge in [-0.2, -0.15) is 0 Å². The minimum atomic E-state index is 0.970. The van der Waals surface area contributed by atoms with Crippen molar-refractivity contribution in [1.29, 1.82) is 0 Å². The van der Waals surface area contributed by atoms with Crippen LogP contribution in [0.1, 0.15) is 0 Å². The number of aromatic nitrogens is 2. The molecule has 0 bridgehead atoms. The molecule has 3 aromatic heterocycles. The van der Waals surface area contributed by atoms with Crippen LogP contribution >= 0.6 is 11.3 Å². The maximum atomic E-state index is 5.38. The fourth-order valence-corrected chi connectivity index (χ4v) is 9.47. The van der Waals surface area contributed by atoms with Crippen LogP contribution in [0.3, 0.4) is 0 Å². The van der Waals surface area contributed by atoms with Crippen molar-refractivity contribution in [2.45, 2.75) is 0 Å². The third-order valence-corrected chi connectivity index (χ3v) is 12.0. The third-order valence-electron chi connectivity index (χ3n) is 10.8. The van der Waals surface area contributed by atoms with Crippen LogP contribution in [0, 0.1) is 0 Å². The van der Waals surface area contributed by atoms with Gasteiger partial charge < -0.3 is 0 Å². The molecule has 54 heavy (non-hydrogen) atoms. The number of nitrogens with zero attached hydrogens (tertiary/aromatic N) is 2. The van der Waals surface area contributed by atoms with Gasteiger partial charge in [0.25, 0.3) is 0 Å². The molecular formula is C51H32N2S. The first kappa shape index (κ1) is 30.8. The van der Waals surface area contributed by atoms with Crippen molar-refractivity contribution in [1.82, 2.24) is 9.38 Å². The Kier molecular flexibility index (Phi) is 7.07. The number of rotatable bonds is 5. The summed E-state index contributed by atoms with van der Waals surface area (Å²) in [5.74, 6) is 0. The number of hydrogen-bond acceptors (Lipinski definition) is 2. The predicted molar refractivity (Wildman–Crippen MR) is 230 cm³/mol. The molecule has 3 heteroatoms. The standard InChI is InChI=1S/C51H32N2S/c1-3-13-35(14-4-1)48-49(36-15-5-2-6-16-36)53-46-30-29-39(32-45(46)41-19-7-8-21-44(41)51(53)52-48)38-18-11-17-37(31-38)33-25-27-34(28-26-33)40-22-12-23-43-42-20-9-10-24-47(42)54-50(40)43/h1-32H. The molecule has 8 aromatic carbocycles. The zero-order valence-electron chi connectivity index (χ0n) is 29.3. The summed E-state index contributed by atoms with van der Waals surface area (Å²) >= 11 is 1.88. The number of fused-ring (bicyclic) bond motifs is 9. The molecule has 0 fully saturated rings. The van der Waals surface area contributed by atoms with Crippen molar-refractivity contribution in [3.05, 3.63) is 194 Å². The van der Waals surface area contributed by atoms with E-state index in [-0.39, 0.29) is 0 Å². The molecule has 0 aliphatic rings. The van der Waals surface area contributed by atoms with Gasteiger partial charge in [0.2, 0.25) is 0 Å². The largest absolute Gasteiger partial charge is 0.291 e. The number of benzene rings is 8. The van der Waals surface area contributed by atoms with E-state index in [0.29, 0.717) is 0 Å². The van der Waals surface area contributed by atoms with E-state index in [0.717, 1.165) is 39.1 Å². The van der Waals surface area contributed by atoms with Crippen molar-refractivity contribution in [3.63, 3.8) is 0 Å². The molecule has 0 aliphatic carbocycles. The molecule has 11 aromatic rings. The average Bonchev–Trinajstić information content (AvgIpc) is 3.85. The van der Waals surface area contributed by atoms with Gasteiger partial charge in [0.1, 0.15) is 5.65 Å². The van der Waals surface area contributed by atoms with Crippen LogP contribution in [-0.4, -0.2) is 9.38 Å². The first-order valence-corrected chi connectivity index (χ1v) is 19.2. The summed E-state index contributed by atoms with van der Waals surface area (Å²) in [7, 11) is 0. The van der Waals surface area contributed by atoms with Gasteiger partial charge in [-0.25, -0.2) is 4.98 Å². The molecule has 11 rings (SSSR count). The van der Waals surface area contributed by atoms with Gasteiger partial charge in [-0.1, -0.05) is 170 Å². The molecule has 0 unspecified atom stereocenters. The number of hydrogen-bond donors (Lipinski definition) is 0. The molecule has 0 aliphatic heterocycles. The first-order chi connectivity index (χ1) is 26.8. The van der Waals surface area contributed by atoms with Gasteiger partial charge in [-0.15, -0.1) is 11.3 Å². The van der Waals surface area contributed by atoms with E-state index in [9.17, 15) is 0 Å². The van der Waals surface area contributed by atoms with Crippen LogP contribution in [0.4, 0.5) is 0 Å². The minimum Gasteiger partial charge on any atom is -0.291 e. The Bertz CT molecular complexity index is 3190. The highest BCUT2D eigenvalue weighted by Crippen LogP contribution is 2.42. The lowest BCUT2D eigenvalue weighted by molar-refractivity contribution is 1.27. The van der Waals surface area contributed by atoms with Crippen LogP contribution in [0.2, 0.25) is 0 Å². The lowest BCUT2D eigenvalue weighted by Crippen LogP contribution is -1.95. The second-order valence-electron chi connectivity index (χ2n) is 13.9. The number of imidazole rings is 1. The summed E-state index contributed by atoms with van der Waals surface area (Å²) in [5, 5.41) is 6.20. The smallest absolute Gasteiger partial charge is 0.146 e. The molecule has 0 spiro atoms. The van der Waals surface area contributed by atoms with Crippen LogP contribution in [0.5, 0.6) is 0 Å². The first-order valence-electron chi connectivity index (χ1n) is 18.4. The maximum Gasteiger partial charge on any atom is 0.146 e. The average molecular weight is 705 g/mol. The van der Waals surface area contributed by atoms with E-state index in [4.69, 9.17) is 4.98 Å². The lowest BCUT2D eigenvalue weighted by atomic mass is 9.95. The summed E-state index contributed by atoms with van der Waals surface area (Å²) in [6.45, 7) is 0. The molecule has 0 radical (unpaired) electrons. The summed E-state index contributed by atoms with van der Waals surface area (Å²) < 4.78 is 5.05. The van der Waals surface area contributed by atoms with Gasteiger partial charge in [0.15, 0.2) is 0 Å². The normalized spacial score (nSPS) is 11.7. The Labute approximate surface area is 316 Å². The fourth-order valence-electron chi connectivity index (χ4n) is 8.23. The van der Waals surface area contributed by atoms with Gasteiger partial charge in [0.05, 0.1) is 16.9 Å². The third kappa shape index (κ3) is 4.90. The second kappa shape index (κ2) is 12.4. The van der Waals surface area contributed by atoms with Crippen molar-refractivity contribution in [3.8, 4) is 55.9 Å². The fraction of sp³-hybridized carbons (Fsp3) is 0. The van der Waals surface area contributed by atoms with E-state index in [1.54, 1.807) is 0 Å². The van der Waals surface area contributed by atoms with Crippen molar-refractivity contribution in [2.24, 2.45) is 0 Å². The topological polar surface area (TPSA) is 17.3 Å². The molecule has 0 saturated heterocycles. The molecule has 2 nitrogen and oxygen atoms in total.